The number of amides is 1. The molecular weight excluding hydrogens is 284 g/mol. The van der Waals surface area contributed by atoms with Gasteiger partial charge in [0.2, 0.25) is 0 Å². The number of hydrogen-bond acceptors (Lipinski definition) is 4. The molecule has 4 rings (SSSR count). The minimum Gasteiger partial charge on any atom is -0.342 e. The van der Waals surface area contributed by atoms with E-state index < -0.39 is 0 Å². The molecule has 1 atom stereocenters. The topological polar surface area (TPSA) is 59.8 Å². The number of rotatable bonds is 3. The van der Waals surface area contributed by atoms with Crippen LogP contribution in [0.15, 0.2) is 6.07 Å². The first kappa shape index (κ1) is 13.0. The fourth-order valence-electron chi connectivity index (χ4n) is 3.27. The Morgan fingerprint density at radius 3 is 3.10 bits per heavy atom. The first-order chi connectivity index (χ1) is 10.2. The molecule has 2 aromatic rings. The van der Waals surface area contributed by atoms with E-state index in [0.29, 0.717) is 0 Å². The largest absolute Gasteiger partial charge is 0.342 e. The second kappa shape index (κ2) is 4.94. The Morgan fingerprint density at radius 1 is 1.33 bits per heavy atom. The number of carbonyl (C=O) groups is 1. The predicted octanol–water partition coefficient (Wildman–Crippen LogP) is 2.27. The van der Waals surface area contributed by atoms with E-state index in [1.54, 1.807) is 11.3 Å². The van der Waals surface area contributed by atoms with Gasteiger partial charge in [0.15, 0.2) is 5.82 Å². The Kier molecular flexibility index (Phi) is 3.06. The molecule has 0 unspecified atom stereocenters. The molecule has 0 radical (unpaired) electrons. The van der Waals surface area contributed by atoms with Gasteiger partial charge in [-0.05, 0) is 44.2 Å². The molecule has 0 saturated carbocycles. The number of thiophene rings is 1. The van der Waals surface area contributed by atoms with Crippen LogP contribution in [0.3, 0.4) is 0 Å². The van der Waals surface area contributed by atoms with Crippen molar-refractivity contribution < 1.29 is 4.79 Å². The second-order valence-electron chi connectivity index (χ2n) is 5.84. The average Bonchev–Trinajstić information content (AvgIpc) is 3.17. The quantitative estimate of drug-likeness (QED) is 0.946. The molecule has 0 spiro atoms. The van der Waals surface area contributed by atoms with Crippen LogP contribution in [0.5, 0.6) is 0 Å². The first-order valence-corrected chi connectivity index (χ1v) is 8.38. The Morgan fingerprint density at radius 2 is 2.24 bits per heavy atom. The summed E-state index contributed by atoms with van der Waals surface area (Å²) < 4.78 is 2.14. The average molecular weight is 302 g/mol. The van der Waals surface area contributed by atoms with Crippen LogP contribution in [-0.4, -0.2) is 20.7 Å². The molecule has 2 aliphatic rings. The lowest BCUT2D eigenvalue weighted by atomic mass is 10.2. The van der Waals surface area contributed by atoms with E-state index in [1.807, 2.05) is 6.92 Å². The molecule has 0 fully saturated rings. The van der Waals surface area contributed by atoms with E-state index in [0.717, 1.165) is 48.8 Å². The lowest BCUT2D eigenvalue weighted by Gasteiger charge is -2.13. The van der Waals surface area contributed by atoms with Crippen molar-refractivity contribution in [3.8, 4) is 0 Å². The number of nitrogens with one attached hydrogen (secondary N) is 1. The molecular formula is C15H18N4OS. The highest BCUT2D eigenvalue weighted by Gasteiger charge is 2.24. The zero-order valence-corrected chi connectivity index (χ0v) is 12.9. The number of nitrogens with zero attached hydrogens (tertiary/aromatic N) is 3. The second-order valence-corrected chi connectivity index (χ2v) is 6.97. The highest BCUT2D eigenvalue weighted by atomic mass is 32.1. The Hall–Kier alpha value is -1.69. The molecule has 5 nitrogen and oxygen atoms in total. The molecule has 21 heavy (non-hydrogen) atoms. The molecule has 0 aromatic carbocycles. The summed E-state index contributed by atoms with van der Waals surface area (Å²) in [6, 6.07) is 1.96. The summed E-state index contributed by atoms with van der Waals surface area (Å²) in [5.41, 5.74) is 1.36. The molecule has 3 heterocycles. The first-order valence-electron chi connectivity index (χ1n) is 7.57. The Labute approximate surface area is 127 Å². The fraction of sp³-hybridized carbons (Fsp3) is 0.533. The number of fused-ring (bicyclic) bond motifs is 2. The van der Waals surface area contributed by atoms with Gasteiger partial charge in [0.1, 0.15) is 5.82 Å². The van der Waals surface area contributed by atoms with Crippen molar-refractivity contribution in [2.24, 2.45) is 0 Å². The molecule has 1 N–H and O–H groups in total. The molecule has 0 saturated heterocycles. The van der Waals surface area contributed by atoms with Gasteiger partial charge in [-0.2, -0.15) is 0 Å². The van der Waals surface area contributed by atoms with E-state index in [9.17, 15) is 4.79 Å². The minimum atomic E-state index is -0.103. The maximum Gasteiger partial charge on any atom is 0.261 e. The van der Waals surface area contributed by atoms with Gasteiger partial charge in [0.25, 0.3) is 5.91 Å². The SMILES string of the molecule is C[C@@H](NC(=O)c1cc2c(s1)CCC2)c1nnc2n1CCC2. The third kappa shape index (κ3) is 2.18. The van der Waals surface area contributed by atoms with Crippen LogP contribution in [-0.2, 0) is 25.8 Å². The summed E-state index contributed by atoms with van der Waals surface area (Å²) in [5, 5.41) is 11.5. The summed E-state index contributed by atoms with van der Waals surface area (Å²) in [6.07, 6.45) is 5.58. The van der Waals surface area contributed by atoms with Crippen molar-refractivity contribution in [3.05, 3.63) is 33.0 Å². The van der Waals surface area contributed by atoms with Crippen LogP contribution in [0.25, 0.3) is 0 Å². The maximum absolute atomic E-state index is 12.4. The van der Waals surface area contributed by atoms with Crippen LogP contribution in [0.2, 0.25) is 0 Å². The molecule has 110 valence electrons. The smallest absolute Gasteiger partial charge is 0.261 e. The van der Waals surface area contributed by atoms with Gasteiger partial charge in [-0.25, -0.2) is 0 Å². The highest BCUT2D eigenvalue weighted by molar-refractivity contribution is 7.14. The van der Waals surface area contributed by atoms with Crippen molar-refractivity contribution in [1.82, 2.24) is 20.1 Å². The Bertz CT molecular complexity index is 681. The molecule has 6 heteroatoms. The van der Waals surface area contributed by atoms with Crippen LogP contribution < -0.4 is 5.32 Å². The van der Waals surface area contributed by atoms with Crippen LogP contribution >= 0.6 is 11.3 Å². The van der Waals surface area contributed by atoms with Crippen molar-refractivity contribution in [3.63, 3.8) is 0 Å². The van der Waals surface area contributed by atoms with Crippen LogP contribution in [0.1, 0.15) is 57.6 Å². The number of carbonyl (C=O) groups excluding carboxylic acids is 1. The molecule has 1 aliphatic heterocycles. The van der Waals surface area contributed by atoms with E-state index >= 15 is 0 Å². The molecule has 1 aliphatic carbocycles. The summed E-state index contributed by atoms with van der Waals surface area (Å²) in [6.45, 7) is 2.94. The van der Waals surface area contributed by atoms with E-state index in [2.05, 4.69) is 26.1 Å². The van der Waals surface area contributed by atoms with E-state index in [1.165, 1.54) is 16.9 Å². The lowest BCUT2D eigenvalue weighted by molar-refractivity contribution is 0.0941. The van der Waals surface area contributed by atoms with Crippen LogP contribution in [0.4, 0.5) is 0 Å². The monoisotopic (exact) mass is 302 g/mol. The van der Waals surface area contributed by atoms with Crippen molar-refractivity contribution in [2.45, 2.75) is 51.6 Å². The summed E-state index contributed by atoms with van der Waals surface area (Å²) >= 11 is 1.64. The van der Waals surface area contributed by atoms with Gasteiger partial charge < -0.3 is 9.88 Å². The summed E-state index contributed by atoms with van der Waals surface area (Å²) in [5.74, 6) is 1.93. The molecule has 0 bridgehead atoms. The standard InChI is InChI=1S/C15H18N4OS/c1-9(14-18-17-13-6-3-7-19(13)14)16-15(20)12-8-10-4-2-5-11(10)21-12/h8-9H,2-7H2,1H3,(H,16,20)/t9-/m1/s1. The van der Waals surface area contributed by atoms with Crippen LogP contribution in [0, 0.1) is 0 Å². The van der Waals surface area contributed by atoms with Crippen molar-refractivity contribution >= 4 is 17.2 Å². The van der Waals surface area contributed by atoms with Gasteiger partial charge in [-0.15, -0.1) is 21.5 Å². The third-order valence-electron chi connectivity index (χ3n) is 4.34. The zero-order valence-electron chi connectivity index (χ0n) is 12.1. The molecule has 1 amide bonds. The molecule has 2 aromatic heterocycles. The normalized spacial score (nSPS) is 17.6. The number of hydrogen-bond donors (Lipinski definition) is 1. The fourth-order valence-corrected chi connectivity index (χ4v) is 4.42. The van der Waals surface area contributed by atoms with Gasteiger partial charge in [-0.1, -0.05) is 0 Å². The van der Waals surface area contributed by atoms with Gasteiger partial charge in [0, 0.05) is 17.8 Å². The minimum absolute atomic E-state index is 0.0113. The van der Waals surface area contributed by atoms with Crippen molar-refractivity contribution in [1.29, 1.82) is 0 Å². The van der Waals surface area contributed by atoms with Gasteiger partial charge >= 0.3 is 0 Å². The number of aryl methyl sites for hydroxylation is 3. The predicted molar refractivity (Wildman–Crippen MR) is 80.6 cm³/mol. The Balaban J connectivity index is 1.50. The van der Waals surface area contributed by atoms with E-state index in [4.69, 9.17) is 0 Å². The highest BCUT2D eigenvalue weighted by Crippen LogP contribution is 2.31. The lowest BCUT2D eigenvalue weighted by Crippen LogP contribution is -2.28. The number of aromatic nitrogens is 3. The third-order valence-corrected chi connectivity index (χ3v) is 5.58. The maximum atomic E-state index is 12.4. The summed E-state index contributed by atoms with van der Waals surface area (Å²) in [4.78, 5) is 14.6. The summed E-state index contributed by atoms with van der Waals surface area (Å²) in [7, 11) is 0. The van der Waals surface area contributed by atoms with Gasteiger partial charge in [0.05, 0.1) is 10.9 Å². The zero-order chi connectivity index (χ0) is 14.4. The van der Waals surface area contributed by atoms with Crippen molar-refractivity contribution in [2.75, 3.05) is 0 Å². The van der Waals surface area contributed by atoms with E-state index in [-0.39, 0.29) is 11.9 Å². The van der Waals surface area contributed by atoms with Gasteiger partial charge in [-0.3, -0.25) is 4.79 Å².